The van der Waals surface area contributed by atoms with Gasteiger partial charge in [0, 0.05) is 5.02 Å². The predicted molar refractivity (Wildman–Crippen MR) is 85.0 cm³/mol. The molecule has 2 aromatic rings. The van der Waals surface area contributed by atoms with E-state index in [1.807, 2.05) is 0 Å². The van der Waals surface area contributed by atoms with Crippen LogP contribution >= 0.6 is 34.8 Å². The van der Waals surface area contributed by atoms with Crippen molar-refractivity contribution in [1.82, 2.24) is 0 Å². The van der Waals surface area contributed by atoms with E-state index in [1.54, 1.807) is 18.2 Å². The first-order valence-electron chi connectivity index (χ1n) is 6.26. The molecular weight excluding hydrogens is 336 g/mol. The van der Waals surface area contributed by atoms with E-state index < -0.39 is 5.82 Å². The van der Waals surface area contributed by atoms with Crippen LogP contribution < -0.4 is 10.5 Å². The maximum atomic E-state index is 13.1. The molecule has 0 saturated heterocycles. The molecule has 2 nitrogen and oxygen atoms in total. The van der Waals surface area contributed by atoms with E-state index in [9.17, 15) is 4.39 Å². The molecule has 0 aromatic heterocycles. The number of hydrogen-bond donors (Lipinski definition) is 1. The Morgan fingerprint density at radius 3 is 2.48 bits per heavy atom. The second-order valence-electron chi connectivity index (χ2n) is 4.45. The monoisotopic (exact) mass is 347 g/mol. The van der Waals surface area contributed by atoms with Gasteiger partial charge >= 0.3 is 0 Å². The molecule has 0 unspecified atom stereocenters. The van der Waals surface area contributed by atoms with E-state index in [2.05, 4.69) is 0 Å². The summed E-state index contributed by atoms with van der Waals surface area (Å²) in [6.45, 7) is 0.675. The van der Waals surface area contributed by atoms with Gasteiger partial charge in [-0.25, -0.2) is 4.39 Å². The molecule has 0 radical (unpaired) electrons. The quantitative estimate of drug-likeness (QED) is 0.837. The lowest BCUT2D eigenvalue weighted by Crippen LogP contribution is -2.06. The standard InChI is InChI=1S/C15H13Cl3FNO/c16-11-6-10(3-4-20)15(13(18)7-11)21-8-9-1-2-14(19)12(17)5-9/h1-2,5-7H,3-4,8,20H2. The second kappa shape index (κ2) is 7.32. The number of hydrogen-bond acceptors (Lipinski definition) is 2. The van der Waals surface area contributed by atoms with Gasteiger partial charge < -0.3 is 10.5 Å². The molecule has 0 bridgehead atoms. The largest absolute Gasteiger partial charge is 0.487 e. The fraction of sp³-hybridized carbons (Fsp3) is 0.200. The van der Waals surface area contributed by atoms with Crippen LogP contribution in [0.2, 0.25) is 15.1 Å². The Morgan fingerprint density at radius 1 is 1.05 bits per heavy atom. The summed E-state index contributed by atoms with van der Waals surface area (Å²) in [6.07, 6.45) is 0.597. The summed E-state index contributed by atoms with van der Waals surface area (Å²) >= 11 is 17.9. The molecule has 0 saturated carbocycles. The lowest BCUT2D eigenvalue weighted by Gasteiger charge is -2.14. The molecule has 2 rings (SSSR count). The van der Waals surface area contributed by atoms with Crippen LogP contribution in [0.15, 0.2) is 30.3 Å². The van der Waals surface area contributed by atoms with Crippen LogP contribution in [-0.2, 0) is 13.0 Å². The average Bonchev–Trinajstić information content (AvgIpc) is 2.42. The van der Waals surface area contributed by atoms with Gasteiger partial charge in [-0.15, -0.1) is 0 Å². The highest BCUT2D eigenvalue weighted by atomic mass is 35.5. The summed E-state index contributed by atoms with van der Waals surface area (Å²) < 4.78 is 18.8. The summed E-state index contributed by atoms with van der Waals surface area (Å²) in [5.41, 5.74) is 7.15. The summed E-state index contributed by atoms with van der Waals surface area (Å²) in [5, 5.41) is 1.00. The molecular formula is C15H13Cl3FNO. The zero-order valence-electron chi connectivity index (χ0n) is 11.0. The number of ether oxygens (including phenoxy) is 1. The minimum atomic E-state index is -0.464. The molecule has 0 aliphatic heterocycles. The molecule has 0 heterocycles. The minimum absolute atomic E-state index is 0.0560. The number of halogens is 4. The van der Waals surface area contributed by atoms with Crippen molar-refractivity contribution < 1.29 is 9.13 Å². The maximum Gasteiger partial charge on any atom is 0.141 e. The number of benzene rings is 2. The number of nitrogens with two attached hydrogens (primary N) is 1. The topological polar surface area (TPSA) is 35.2 Å². The van der Waals surface area contributed by atoms with Crippen LogP contribution in [0, 0.1) is 5.82 Å². The van der Waals surface area contributed by atoms with Crippen LogP contribution in [0.4, 0.5) is 4.39 Å². The van der Waals surface area contributed by atoms with Crippen LogP contribution in [0.1, 0.15) is 11.1 Å². The highest BCUT2D eigenvalue weighted by Crippen LogP contribution is 2.33. The van der Waals surface area contributed by atoms with Gasteiger partial charge in [-0.3, -0.25) is 0 Å². The van der Waals surface area contributed by atoms with E-state index >= 15 is 0 Å². The van der Waals surface area contributed by atoms with Crippen LogP contribution in [0.25, 0.3) is 0 Å². The maximum absolute atomic E-state index is 13.1. The van der Waals surface area contributed by atoms with Crippen molar-refractivity contribution in [1.29, 1.82) is 0 Å². The molecule has 6 heteroatoms. The Balaban J connectivity index is 2.20. The third-order valence-electron chi connectivity index (χ3n) is 2.87. The zero-order valence-corrected chi connectivity index (χ0v) is 13.3. The van der Waals surface area contributed by atoms with Crippen molar-refractivity contribution in [2.45, 2.75) is 13.0 Å². The molecule has 0 spiro atoms. The van der Waals surface area contributed by atoms with Gasteiger partial charge in [-0.1, -0.05) is 40.9 Å². The van der Waals surface area contributed by atoms with Gasteiger partial charge in [-0.2, -0.15) is 0 Å². The Bertz CT molecular complexity index is 649. The zero-order chi connectivity index (χ0) is 15.4. The van der Waals surface area contributed by atoms with E-state index in [4.69, 9.17) is 45.3 Å². The van der Waals surface area contributed by atoms with E-state index in [0.717, 1.165) is 11.1 Å². The fourth-order valence-electron chi connectivity index (χ4n) is 1.90. The second-order valence-corrected chi connectivity index (χ2v) is 5.70. The van der Waals surface area contributed by atoms with Gasteiger partial charge in [0.1, 0.15) is 18.2 Å². The molecule has 112 valence electrons. The van der Waals surface area contributed by atoms with Gasteiger partial charge in [0.2, 0.25) is 0 Å². The van der Waals surface area contributed by atoms with Crippen molar-refractivity contribution in [3.63, 3.8) is 0 Å². The first-order valence-corrected chi connectivity index (χ1v) is 7.39. The van der Waals surface area contributed by atoms with Gasteiger partial charge in [0.05, 0.1) is 10.0 Å². The molecule has 0 amide bonds. The highest BCUT2D eigenvalue weighted by Gasteiger charge is 2.11. The van der Waals surface area contributed by atoms with Crippen molar-refractivity contribution in [3.05, 3.63) is 62.3 Å². The first kappa shape index (κ1) is 16.4. The van der Waals surface area contributed by atoms with Crippen LogP contribution in [-0.4, -0.2) is 6.54 Å². The summed E-state index contributed by atoms with van der Waals surface area (Å²) in [6, 6.07) is 7.80. The molecule has 0 aliphatic carbocycles. The fourth-order valence-corrected chi connectivity index (χ4v) is 2.69. The van der Waals surface area contributed by atoms with E-state index in [0.29, 0.717) is 28.8 Å². The SMILES string of the molecule is NCCc1cc(Cl)cc(Cl)c1OCc1ccc(F)c(Cl)c1. The van der Waals surface area contributed by atoms with Crippen LogP contribution in [0.3, 0.4) is 0 Å². The first-order chi connectivity index (χ1) is 10.0. The molecule has 21 heavy (non-hydrogen) atoms. The summed E-state index contributed by atoms with van der Waals surface area (Å²) in [7, 11) is 0. The van der Waals surface area contributed by atoms with Crippen molar-refractivity contribution >= 4 is 34.8 Å². The van der Waals surface area contributed by atoms with Gasteiger partial charge in [0.25, 0.3) is 0 Å². The smallest absolute Gasteiger partial charge is 0.141 e. The van der Waals surface area contributed by atoms with E-state index in [1.165, 1.54) is 12.1 Å². The Labute approximate surface area is 137 Å². The van der Waals surface area contributed by atoms with Crippen molar-refractivity contribution in [2.24, 2.45) is 5.73 Å². The lowest BCUT2D eigenvalue weighted by molar-refractivity contribution is 0.303. The third kappa shape index (κ3) is 4.24. The minimum Gasteiger partial charge on any atom is -0.487 e. The molecule has 2 aromatic carbocycles. The Hall–Kier alpha value is -1.00. The third-order valence-corrected chi connectivity index (χ3v) is 3.65. The Kier molecular flexibility index (Phi) is 5.71. The Morgan fingerprint density at radius 2 is 1.81 bits per heavy atom. The number of rotatable bonds is 5. The average molecular weight is 349 g/mol. The lowest BCUT2D eigenvalue weighted by atomic mass is 10.1. The molecule has 2 N–H and O–H groups in total. The highest BCUT2D eigenvalue weighted by molar-refractivity contribution is 6.35. The van der Waals surface area contributed by atoms with Gasteiger partial charge in [0.15, 0.2) is 0 Å². The van der Waals surface area contributed by atoms with E-state index in [-0.39, 0.29) is 11.6 Å². The molecule has 0 atom stereocenters. The normalized spacial score (nSPS) is 10.7. The van der Waals surface area contributed by atoms with Crippen LogP contribution in [0.5, 0.6) is 5.75 Å². The van der Waals surface area contributed by atoms with Crippen molar-refractivity contribution in [3.8, 4) is 5.75 Å². The van der Waals surface area contributed by atoms with Gasteiger partial charge in [-0.05, 0) is 48.4 Å². The summed E-state index contributed by atoms with van der Waals surface area (Å²) in [4.78, 5) is 0. The molecule has 0 aliphatic rings. The summed E-state index contributed by atoms with van der Waals surface area (Å²) in [5.74, 6) is 0.0701. The predicted octanol–water partition coefficient (Wildman–Crippen LogP) is 4.87. The van der Waals surface area contributed by atoms with Crippen molar-refractivity contribution in [2.75, 3.05) is 6.54 Å². The molecule has 0 fully saturated rings.